The summed E-state index contributed by atoms with van der Waals surface area (Å²) in [6.45, 7) is 0.790. The molecule has 2 aromatic rings. The average Bonchev–Trinajstić information content (AvgIpc) is 2.75. The van der Waals surface area contributed by atoms with Gasteiger partial charge in [0.15, 0.2) is 0 Å². The second-order valence-electron chi connectivity index (χ2n) is 7.46. The van der Waals surface area contributed by atoms with Gasteiger partial charge in [0.05, 0.1) is 6.54 Å². The van der Waals surface area contributed by atoms with Crippen molar-refractivity contribution in [3.8, 4) is 0 Å². The Labute approximate surface area is 168 Å². The van der Waals surface area contributed by atoms with E-state index >= 15 is 0 Å². The van der Waals surface area contributed by atoms with E-state index in [1.54, 1.807) is 16.8 Å². The summed E-state index contributed by atoms with van der Waals surface area (Å²) in [7, 11) is 1.64. The summed E-state index contributed by atoms with van der Waals surface area (Å²) in [5, 5.41) is 0. The Bertz CT molecular complexity index is 932. The van der Waals surface area contributed by atoms with Crippen LogP contribution in [0.4, 0.5) is 4.39 Å². The van der Waals surface area contributed by atoms with Crippen LogP contribution in [0.2, 0.25) is 0 Å². The molecule has 0 spiro atoms. The van der Waals surface area contributed by atoms with Crippen molar-refractivity contribution in [1.82, 2.24) is 14.7 Å². The number of hydrogen-bond donors (Lipinski definition) is 0. The Hall–Kier alpha value is -3.22. The number of hydrogen-bond acceptors (Lipinski definition) is 3. The molecule has 0 aromatic heterocycles. The molecule has 0 unspecified atom stereocenters. The van der Waals surface area contributed by atoms with Crippen molar-refractivity contribution in [2.75, 3.05) is 26.7 Å². The third kappa shape index (κ3) is 3.60. The number of halogens is 1. The molecule has 0 N–H and O–H groups in total. The van der Waals surface area contributed by atoms with Crippen molar-refractivity contribution >= 4 is 17.7 Å². The molecule has 6 nitrogen and oxygen atoms in total. The lowest BCUT2D eigenvalue weighted by Crippen LogP contribution is -2.70. The minimum atomic E-state index is -0.683. The SMILES string of the molecule is CN1C(=O)[C@H]2CN(C(=O)c3ccc(F)cc3)CCN2C(=O)[C@@H]1Cc1ccccc1. The summed E-state index contributed by atoms with van der Waals surface area (Å²) in [6.07, 6.45) is 0.462. The molecule has 2 atom stereocenters. The number of carbonyl (C=O) groups is 3. The number of rotatable bonds is 3. The zero-order chi connectivity index (χ0) is 20.5. The highest BCUT2D eigenvalue weighted by Gasteiger charge is 2.47. The van der Waals surface area contributed by atoms with E-state index in [1.807, 2.05) is 30.3 Å². The lowest BCUT2D eigenvalue weighted by molar-refractivity contribution is -0.163. The third-order valence-corrected chi connectivity index (χ3v) is 5.70. The van der Waals surface area contributed by atoms with Gasteiger partial charge in [-0.2, -0.15) is 0 Å². The van der Waals surface area contributed by atoms with Gasteiger partial charge in [-0.1, -0.05) is 30.3 Å². The molecule has 150 valence electrons. The molecular formula is C22H22FN3O3. The van der Waals surface area contributed by atoms with Crippen molar-refractivity contribution in [2.45, 2.75) is 18.5 Å². The number of piperazine rings is 2. The molecule has 0 aliphatic carbocycles. The van der Waals surface area contributed by atoms with E-state index in [2.05, 4.69) is 0 Å². The smallest absolute Gasteiger partial charge is 0.254 e. The van der Waals surface area contributed by atoms with E-state index in [-0.39, 0.29) is 24.3 Å². The minimum Gasteiger partial charge on any atom is -0.334 e. The van der Waals surface area contributed by atoms with Gasteiger partial charge < -0.3 is 14.7 Å². The van der Waals surface area contributed by atoms with E-state index in [1.165, 1.54) is 29.2 Å². The Balaban J connectivity index is 1.50. The zero-order valence-electron chi connectivity index (χ0n) is 16.1. The van der Waals surface area contributed by atoms with Crippen LogP contribution >= 0.6 is 0 Å². The molecule has 2 aromatic carbocycles. The molecule has 2 saturated heterocycles. The average molecular weight is 395 g/mol. The monoisotopic (exact) mass is 395 g/mol. The van der Waals surface area contributed by atoms with Crippen molar-refractivity contribution < 1.29 is 18.8 Å². The fourth-order valence-corrected chi connectivity index (χ4v) is 4.02. The van der Waals surface area contributed by atoms with Crippen LogP contribution in [0.25, 0.3) is 0 Å². The summed E-state index contributed by atoms with van der Waals surface area (Å²) < 4.78 is 13.1. The Morgan fingerprint density at radius 2 is 1.69 bits per heavy atom. The second kappa shape index (κ2) is 7.66. The van der Waals surface area contributed by atoms with E-state index in [0.29, 0.717) is 25.1 Å². The van der Waals surface area contributed by atoms with Gasteiger partial charge in [-0.3, -0.25) is 14.4 Å². The molecule has 4 rings (SSSR count). The number of amides is 3. The molecule has 3 amide bonds. The van der Waals surface area contributed by atoms with Gasteiger partial charge in [0.2, 0.25) is 11.8 Å². The molecule has 0 radical (unpaired) electrons. The van der Waals surface area contributed by atoms with Gasteiger partial charge in [0.1, 0.15) is 17.9 Å². The first-order chi connectivity index (χ1) is 14.0. The van der Waals surface area contributed by atoms with Crippen molar-refractivity contribution in [1.29, 1.82) is 0 Å². The highest BCUT2D eigenvalue weighted by molar-refractivity contribution is 5.99. The second-order valence-corrected chi connectivity index (χ2v) is 7.46. The van der Waals surface area contributed by atoms with Crippen LogP contribution in [0.1, 0.15) is 15.9 Å². The standard InChI is InChI=1S/C22H22FN3O3/c1-24-18(13-15-5-3-2-4-6-15)22(29)26-12-11-25(14-19(26)21(24)28)20(27)16-7-9-17(23)10-8-16/h2-10,18-19H,11-14H2,1H3/t18-,19+/m0/s1. The number of benzene rings is 2. The maximum absolute atomic E-state index is 13.1. The lowest BCUT2D eigenvalue weighted by atomic mass is 9.97. The van der Waals surface area contributed by atoms with Crippen LogP contribution < -0.4 is 0 Å². The Morgan fingerprint density at radius 1 is 1.00 bits per heavy atom. The van der Waals surface area contributed by atoms with Crippen LogP contribution in [0.5, 0.6) is 0 Å². The first-order valence-electron chi connectivity index (χ1n) is 9.61. The van der Waals surface area contributed by atoms with Gasteiger partial charge >= 0.3 is 0 Å². The predicted molar refractivity (Wildman–Crippen MR) is 105 cm³/mol. The molecule has 2 fully saturated rings. The quantitative estimate of drug-likeness (QED) is 0.793. The molecule has 2 heterocycles. The number of likely N-dealkylation sites (N-methyl/N-ethyl adjacent to an activating group) is 1. The van der Waals surface area contributed by atoms with E-state index < -0.39 is 17.9 Å². The number of fused-ring (bicyclic) bond motifs is 1. The molecule has 2 aliphatic rings. The van der Waals surface area contributed by atoms with Gasteiger partial charge in [-0.15, -0.1) is 0 Å². The van der Waals surface area contributed by atoms with Gasteiger partial charge in [0.25, 0.3) is 5.91 Å². The maximum atomic E-state index is 13.1. The molecular weight excluding hydrogens is 373 g/mol. The summed E-state index contributed by atoms with van der Waals surface area (Å²) in [6, 6.07) is 13.7. The number of carbonyl (C=O) groups excluding carboxylic acids is 3. The third-order valence-electron chi connectivity index (χ3n) is 5.70. The summed E-state index contributed by atoms with van der Waals surface area (Å²) in [4.78, 5) is 43.5. The zero-order valence-corrected chi connectivity index (χ0v) is 16.1. The Morgan fingerprint density at radius 3 is 2.38 bits per heavy atom. The maximum Gasteiger partial charge on any atom is 0.254 e. The van der Waals surface area contributed by atoms with Crippen molar-refractivity contribution in [2.24, 2.45) is 0 Å². The van der Waals surface area contributed by atoms with E-state index in [4.69, 9.17) is 0 Å². The van der Waals surface area contributed by atoms with Gasteiger partial charge in [0, 0.05) is 32.1 Å². The van der Waals surface area contributed by atoms with Gasteiger partial charge in [-0.25, -0.2) is 4.39 Å². The van der Waals surface area contributed by atoms with Crippen LogP contribution in [-0.2, 0) is 16.0 Å². The van der Waals surface area contributed by atoms with Crippen LogP contribution in [0, 0.1) is 5.82 Å². The van der Waals surface area contributed by atoms with Crippen LogP contribution in [0.15, 0.2) is 54.6 Å². The highest BCUT2D eigenvalue weighted by Crippen LogP contribution is 2.24. The minimum absolute atomic E-state index is 0.0881. The predicted octanol–water partition coefficient (Wildman–Crippen LogP) is 1.56. The lowest BCUT2D eigenvalue weighted by Gasteiger charge is -2.48. The first kappa shape index (κ1) is 19.1. The first-order valence-corrected chi connectivity index (χ1v) is 9.61. The largest absolute Gasteiger partial charge is 0.334 e. The fourth-order valence-electron chi connectivity index (χ4n) is 4.02. The molecule has 0 bridgehead atoms. The van der Waals surface area contributed by atoms with Crippen LogP contribution in [-0.4, -0.2) is 71.2 Å². The van der Waals surface area contributed by atoms with Crippen LogP contribution in [0.3, 0.4) is 0 Å². The highest BCUT2D eigenvalue weighted by atomic mass is 19.1. The molecule has 29 heavy (non-hydrogen) atoms. The fraction of sp³-hybridized carbons (Fsp3) is 0.318. The van der Waals surface area contributed by atoms with E-state index in [9.17, 15) is 18.8 Å². The molecule has 2 aliphatic heterocycles. The Kier molecular flexibility index (Phi) is 5.05. The van der Waals surface area contributed by atoms with Crippen molar-refractivity contribution in [3.05, 3.63) is 71.5 Å². The molecule has 0 saturated carbocycles. The van der Waals surface area contributed by atoms with E-state index in [0.717, 1.165) is 5.56 Å². The van der Waals surface area contributed by atoms with Gasteiger partial charge in [-0.05, 0) is 29.8 Å². The normalized spacial score (nSPS) is 21.9. The van der Waals surface area contributed by atoms with Crippen molar-refractivity contribution in [3.63, 3.8) is 0 Å². The summed E-state index contributed by atoms with van der Waals surface area (Å²) in [5.74, 6) is -0.929. The summed E-state index contributed by atoms with van der Waals surface area (Å²) in [5.41, 5.74) is 1.36. The summed E-state index contributed by atoms with van der Waals surface area (Å²) >= 11 is 0. The molecule has 7 heteroatoms. The number of nitrogens with zero attached hydrogens (tertiary/aromatic N) is 3. The topological polar surface area (TPSA) is 60.9 Å².